The molecule has 0 spiro atoms. The number of hydrogen-bond acceptors (Lipinski definition) is 7. The van der Waals surface area contributed by atoms with Gasteiger partial charge >= 0.3 is 5.97 Å². The predicted molar refractivity (Wildman–Crippen MR) is 103 cm³/mol. The molecule has 9 heteroatoms. The Morgan fingerprint density at radius 1 is 1.48 bits per heavy atom. The maximum absolute atomic E-state index is 12.4. The van der Waals surface area contributed by atoms with Crippen LogP contribution in [0.15, 0.2) is 26.4 Å². The summed E-state index contributed by atoms with van der Waals surface area (Å²) in [5.41, 5.74) is 2.08. The minimum absolute atomic E-state index is 0.0338. The van der Waals surface area contributed by atoms with Gasteiger partial charge in [0.25, 0.3) is 0 Å². The Kier molecular flexibility index (Phi) is 4.66. The van der Waals surface area contributed by atoms with Gasteiger partial charge in [0, 0.05) is 28.8 Å². The van der Waals surface area contributed by atoms with Crippen LogP contribution in [-0.4, -0.2) is 56.7 Å². The lowest BCUT2D eigenvalue weighted by atomic mass is 9.79. The standard InChI is InChI=1S/C18H21N3O4S2/c1-7-4-10(5-19-7)11-6-26-18(20-11)27-15-8(2)13-12(9(3)22)16(23)21(13)14(15)17(24)25/h4,6-9,12-13,19,22H,5H2,1-3H3,(H,24,25)/t7-,8+,9+,12?,13?/m0/s1. The molecule has 3 N–H and O–H groups in total. The number of aliphatic hydroxyl groups is 1. The number of carboxylic acid groups (broad SMARTS) is 1. The molecule has 3 aliphatic heterocycles. The van der Waals surface area contributed by atoms with Gasteiger partial charge < -0.3 is 20.4 Å². The molecule has 0 bridgehead atoms. The van der Waals surface area contributed by atoms with Crippen LogP contribution in [0, 0.1) is 11.8 Å². The first-order chi connectivity index (χ1) is 12.8. The third kappa shape index (κ3) is 2.93. The monoisotopic (exact) mass is 407 g/mol. The van der Waals surface area contributed by atoms with E-state index in [-0.39, 0.29) is 23.6 Å². The van der Waals surface area contributed by atoms with Crippen molar-refractivity contribution in [3.8, 4) is 0 Å². The Hall–Kier alpha value is -1.68. The summed E-state index contributed by atoms with van der Waals surface area (Å²) in [7, 11) is 0. The first-order valence-electron chi connectivity index (χ1n) is 8.86. The molecule has 1 aromatic heterocycles. The van der Waals surface area contributed by atoms with Gasteiger partial charge in [-0.2, -0.15) is 0 Å². The van der Waals surface area contributed by atoms with E-state index in [0.717, 1.165) is 22.2 Å². The van der Waals surface area contributed by atoms with Gasteiger partial charge in [-0.15, -0.1) is 11.3 Å². The number of rotatable bonds is 5. The lowest BCUT2D eigenvalue weighted by molar-refractivity contribution is -0.163. The van der Waals surface area contributed by atoms with E-state index >= 15 is 0 Å². The van der Waals surface area contributed by atoms with E-state index in [1.165, 1.54) is 28.0 Å². The Morgan fingerprint density at radius 2 is 2.22 bits per heavy atom. The molecule has 4 heterocycles. The van der Waals surface area contributed by atoms with Gasteiger partial charge in [0.15, 0.2) is 4.34 Å². The number of fused-ring (bicyclic) bond motifs is 1. The van der Waals surface area contributed by atoms with Crippen molar-refractivity contribution in [3.05, 3.63) is 27.8 Å². The molecule has 3 aliphatic rings. The van der Waals surface area contributed by atoms with Crippen molar-refractivity contribution >= 4 is 40.5 Å². The average Bonchev–Trinajstić information content (AvgIpc) is 3.27. The summed E-state index contributed by atoms with van der Waals surface area (Å²) in [5.74, 6) is -2.13. The fraction of sp³-hybridized carbons (Fsp3) is 0.500. The van der Waals surface area contributed by atoms with Crippen LogP contribution >= 0.6 is 23.1 Å². The number of thioether (sulfide) groups is 1. The fourth-order valence-corrected chi connectivity index (χ4v) is 6.18. The largest absolute Gasteiger partial charge is 0.477 e. The van der Waals surface area contributed by atoms with Crippen molar-refractivity contribution < 1.29 is 19.8 Å². The van der Waals surface area contributed by atoms with Gasteiger partial charge in [-0.1, -0.05) is 24.8 Å². The highest BCUT2D eigenvalue weighted by Gasteiger charge is 2.60. The highest BCUT2D eigenvalue weighted by atomic mass is 32.2. The highest BCUT2D eigenvalue weighted by molar-refractivity contribution is 8.04. The number of aromatic nitrogens is 1. The van der Waals surface area contributed by atoms with Gasteiger partial charge in [0.1, 0.15) is 5.70 Å². The van der Waals surface area contributed by atoms with Crippen LogP contribution in [-0.2, 0) is 9.59 Å². The maximum atomic E-state index is 12.4. The van der Waals surface area contributed by atoms with E-state index in [9.17, 15) is 19.8 Å². The molecule has 0 aliphatic carbocycles. The van der Waals surface area contributed by atoms with E-state index < -0.39 is 18.0 Å². The minimum Gasteiger partial charge on any atom is -0.477 e. The lowest BCUT2D eigenvalue weighted by Gasteiger charge is -2.46. The van der Waals surface area contributed by atoms with E-state index in [4.69, 9.17) is 0 Å². The zero-order chi connectivity index (χ0) is 19.5. The zero-order valence-electron chi connectivity index (χ0n) is 15.2. The molecule has 7 nitrogen and oxygen atoms in total. The molecule has 1 fully saturated rings. The summed E-state index contributed by atoms with van der Waals surface area (Å²) in [4.78, 5) is 30.9. The molecule has 27 heavy (non-hydrogen) atoms. The molecular weight excluding hydrogens is 386 g/mol. The Balaban J connectivity index is 1.62. The van der Waals surface area contributed by atoms with Crippen LogP contribution in [0.3, 0.4) is 0 Å². The van der Waals surface area contributed by atoms with Crippen LogP contribution in [0.1, 0.15) is 26.5 Å². The normalized spacial score (nSPS) is 31.0. The number of amides is 1. The number of carboxylic acids is 1. The van der Waals surface area contributed by atoms with Gasteiger partial charge in [-0.05, 0) is 19.4 Å². The number of hydrogen-bond donors (Lipinski definition) is 3. The molecule has 2 unspecified atom stereocenters. The summed E-state index contributed by atoms with van der Waals surface area (Å²) in [6.07, 6.45) is 1.34. The smallest absolute Gasteiger partial charge is 0.353 e. The van der Waals surface area contributed by atoms with Gasteiger partial charge in [-0.3, -0.25) is 4.79 Å². The quantitative estimate of drug-likeness (QED) is 0.639. The van der Waals surface area contributed by atoms with Crippen molar-refractivity contribution in [2.45, 2.75) is 43.3 Å². The number of nitrogens with zero attached hydrogens (tertiary/aromatic N) is 2. The number of carbonyl (C=O) groups excluding carboxylic acids is 1. The number of carbonyl (C=O) groups is 2. The molecule has 1 amide bonds. The number of aliphatic carboxylic acids is 1. The molecule has 0 saturated carbocycles. The summed E-state index contributed by atoms with van der Waals surface area (Å²) in [5, 5.41) is 24.9. The Morgan fingerprint density at radius 3 is 2.81 bits per heavy atom. The van der Waals surface area contributed by atoms with Crippen LogP contribution in [0.25, 0.3) is 5.57 Å². The fourth-order valence-electron chi connectivity index (χ4n) is 4.07. The van der Waals surface area contributed by atoms with Crippen molar-refractivity contribution in [2.24, 2.45) is 11.8 Å². The molecule has 1 aromatic rings. The second kappa shape index (κ2) is 6.73. The second-order valence-electron chi connectivity index (χ2n) is 7.23. The van der Waals surface area contributed by atoms with E-state index in [1.807, 2.05) is 12.3 Å². The molecule has 0 radical (unpaired) electrons. The van der Waals surface area contributed by atoms with E-state index in [2.05, 4.69) is 23.3 Å². The Bertz CT molecular complexity index is 876. The number of β-lactam (4-membered cyclic amide) rings is 1. The summed E-state index contributed by atoms with van der Waals surface area (Å²) >= 11 is 2.80. The van der Waals surface area contributed by atoms with Gasteiger partial charge in [-0.25, -0.2) is 9.78 Å². The van der Waals surface area contributed by atoms with Crippen LogP contribution < -0.4 is 5.32 Å². The summed E-state index contributed by atoms with van der Waals surface area (Å²) < 4.78 is 0.759. The number of thiazole rings is 1. The predicted octanol–water partition coefficient (Wildman–Crippen LogP) is 1.76. The molecule has 144 valence electrons. The summed E-state index contributed by atoms with van der Waals surface area (Å²) in [6.45, 7) is 6.35. The lowest BCUT2D eigenvalue weighted by Crippen LogP contribution is -2.63. The van der Waals surface area contributed by atoms with Crippen molar-refractivity contribution in [1.29, 1.82) is 0 Å². The molecule has 5 atom stereocenters. The van der Waals surface area contributed by atoms with Gasteiger partial charge in [0.2, 0.25) is 5.91 Å². The number of aliphatic hydroxyl groups excluding tert-OH is 1. The van der Waals surface area contributed by atoms with Crippen LogP contribution in [0.2, 0.25) is 0 Å². The topological polar surface area (TPSA) is 103 Å². The maximum Gasteiger partial charge on any atom is 0.353 e. The molecule has 1 saturated heterocycles. The van der Waals surface area contributed by atoms with E-state index in [0.29, 0.717) is 10.9 Å². The Labute approximate surface area is 165 Å². The molecule has 4 rings (SSSR count). The SMILES string of the molecule is C[C@H]1C=C(c2csc(SC3=C(C(=O)O)N4C(=O)C([C@@H](C)O)C4[C@H]3C)n2)CN1. The third-order valence-corrected chi connectivity index (χ3v) is 7.61. The van der Waals surface area contributed by atoms with Crippen molar-refractivity contribution in [2.75, 3.05) is 6.54 Å². The van der Waals surface area contributed by atoms with Gasteiger partial charge in [0.05, 0.1) is 23.8 Å². The number of nitrogens with one attached hydrogen (secondary N) is 1. The first-order valence-corrected chi connectivity index (χ1v) is 10.6. The van der Waals surface area contributed by atoms with Crippen LogP contribution in [0.5, 0.6) is 0 Å². The highest BCUT2D eigenvalue weighted by Crippen LogP contribution is 2.52. The zero-order valence-corrected chi connectivity index (χ0v) is 16.8. The van der Waals surface area contributed by atoms with E-state index in [1.54, 1.807) is 6.92 Å². The summed E-state index contributed by atoms with van der Waals surface area (Å²) in [6, 6.07) is 0.0222. The average molecular weight is 408 g/mol. The van der Waals surface area contributed by atoms with Crippen molar-refractivity contribution in [1.82, 2.24) is 15.2 Å². The third-order valence-electron chi connectivity index (χ3n) is 5.39. The second-order valence-corrected chi connectivity index (χ2v) is 9.38. The minimum atomic E-state index is -1.11. The first kappa shape index (κ1) is 18.7. The molecule has 0 aromatic carbocycles. The van der Waals surface area contributed by atoms with Crippen LogP contribution in [0.4, 0.5) is 0 Å². The molecular formula is C18H21N3O4S2. The van der Waals surface area contributed by atoms with Crippen molar-refractivity contribution in [3.63, 3.8) is 0 Å².